The molecule has 6 N–H and O–H groups in total. The molecule has 6 nitrogen and oxygen atoms in total. The van der Waals surface area contributed by atoms with E-state index in [2.05, 4.69) is 13.8 Å². The third-order valence-electron chi connectivity index (χ3n) is 7.91. The topological polar surface area (TPSA) is 119 Å². The molecule has 0 saturated carbocycles. The molecule has 0 saturated heterocycles. The number of ketones is 1. The summed E-state index contributed by atoms with van der Waals surface area (Å²) in [7, 11) is 0. The number of allylic oxidation sites excluding steroid dienone is 2. The number of aryl methyl sites for hydroxylation is 1. The Morgan fingerprint density at radius 2 is 1.53 bits per heavy atom. The van der Waals surface area contributed by atoms with Crippen LogP contribution in [0.25, 0.3) is 0 Å². The van der Waals surface area contributed by atoms with Gasteiger partial charge in [-0.2, -0.15) is 0 Å². The van der Waals surface area contributed by atoms with Crippen LogP contribution in [0.3, 0.4) is 0 Å². The van der Waals surface area contributed by atoms with E-state index < -0.39 is 6.17 Å². The largest absolute Gasteiger partial charge is 0.508 e. The van der Waals surface area contributed by atoms with E-state index in [1.54, 1.807) is 18.2 Å². The number of unbranched alkanes of at least 4 members (excludes halogenated alkanes) is 3. The van der Waals surface area contributed by atoms with Crippen molar-refractivity contribution < 1.29 is 19.7 Å². The van der Waals surface area contributed by atoms with Crippen molar-refractivity contribution in [3.05, 3.63) is 101 Å². The van der Waals surface area contributed by atoms with Gasteiger partial charge in [0.15, 0.2) is 17.3 Å². The normalized spacial score (nSPS) is 12.2. The summed E-state index contributed by atoms with van der Waals surface area (Å²) in [6.45, 7) is 4.93. The molecular weight excluding hydrogens is 536 g/mol. The first-order valence-electron chi connectivity index (χ1n) is 15.8. The van der Waals surface area contributed by atoms with Crippen molar-refractivity contribution in [1.29, 1.82) is 0 Å². The van der Waals surface area contributed by atoms with Crippen LogP contribution in [-0.2, 0) is 24.1 Å². The van der Waals surface area contributed by atoms with Crippen molar-refractivity contribution in [3.8, 4) is 17.2 Å². The third kappa shape index (κ3) is 12.3. The zero-order valence-corrected chi connectivity index (χ0v) is 25.9. The maximum absolute atomic E-state index is 12.4. The fourth-order valence-electron chi connectivity index (χ4n) is 5.16. The van der Waals surface area contributed by atoms with Crippen molar-refractivity contribution in [1.82, 2.24) is 0 Å². The molecule has 1 unspecified atom stereocenters. The standard InChI is InChI=1S/C37H50N2O4/c1-3-4-6-9-27(2)10-7-5-8-11-33(40)19-14-29-16-21-35(42)36(26-29)43-23-22-30-15-20-34(41)32(25-30)24-28-12-17-31(18-13-28)37(38)39/h8,11-13,15-18,20-21,25-27,37,41-42H,3-7,9-10,14,19,22-24,38-39H2,1-2H3. The second kappa shape index (κ2) is 18.1. The summed E-state index contributed by atoms with van der Waals surface area (Å²) in [6, 6.07) is 18.6. The summed E-state index contributed by atoms with van der Waals surface area (Å²) in [5.41, 5.74) is 16.2. The molecule has 0 fully saturated rings. The second-order valence-corrected chi connectivity index (χ2v) is 11.7. The number of hydrogen-bond donors (Lipinski definition) is 4. The molecule has 0 aliphatic heterocycles. The van der Waals surface area contributed by atoms with Crippen LogP contribution in [0.5, 0.6) is 17.2 Å². The van der Waals surface area contributed by atoms with E-state index >= 15 is 0 Å². The zero-order valence-electron chi connectivity index (χ0n) is 25.9. The monoisotopic (exact) mass is 586 g/mol. The van der Waals surface area contributed by atoms with Crippen LogP contribution in [0.2, 0.25) is 0 Å². The molecule has 0 amide bonds. The average molecular weight is 587 g/mol. The average Bonchev–Trinajstić information content (AvgIpc) is 2.99. The van der Waals surface area contributed by atoms with E-state index in [0.29, 0.717) is 38.0 Å². The number of rotatable bonds is 19. The van der Waals surface area contributed by atoms with Crippen LogP contribution in [0.4, 0.5) is 0 Å². The van der Waals surface area contributed by atoms with Gasteiger partial charge >= 0.3 is 0 Å². The maximum atomic E-state index is 12.4. The van der Waals surface area contributed by atoms with E-state index in [0.717, 1.165) is 46.6 Å². The first kappa shape index (κ1) is 33.9. The van der Waals surface area contributed by atoms with Crippen LogP contribution in [0.15, 0.2) is 72.8 Å². The number of benzene rings is 3. The fourth-order valence-corrected chi connectivity index (χ4v) is 5.16. The van der Waals surface area contributed by atoms with Gasteiger partial charge in [0.2, 0.25) is 0 Å². The van der Waals surface area contributed by atoms with Gasteiger partial charge in [0, 0.05) is 19.3 Å². The lowest BCUT2D eigenvalue weighted by Crippen LogP contribution is -2.19. The van der Waals surface area contributed by atoms with Crippen LogP contribution in [0, 0.1) is 5.92 Å². The molecule has 0 bridgehead atoms. The number of phenols is 2. The molecule has 3 aromatic carbocycles. The fraction of sp³-hybridized carbons (Fsp3) is 0.432. The van der Waals surface area contributed by atoms with Crippen molar-refractivity contribution >= 4 is 5.78 Å². The first-order valence-corrected chi connectivity index (χ1v) is 15.8. The minimum Gasteiger partial charge on any atom is -0.508 e. The van der Waals surface area contributed by atoms with Gasteiger partial charge in [-0.1, -0.05) is 94.5 Å². The van der Waals surface area contributed by atoms with Crippen molar-refractivity contribution in [2.24, 2.45) is 17.4 Å². The summed E-state index contributed by atoms with van der Waals surface area (Å²) in [4.78, 5) is 12.4. The summed E-state index contributed by atoms with van der Waals surface area (Å²) < 4.78 is 5.92. The van der Waals surface area contributed by atoms with E-state index in [-0.39, 0.29) is 17.3 Å². The van der Waals surface area contributed by atoms with Gasteiger partial charge in [-0.15, -0.1) is 0 Å². The maximum Gasteiger partial charge on any atom is 0.161 e. The lowest BCUT2D eigenvalue weighted by atomic mass is 9.97. The SMILES string of the molecule is CCCCCC(C)CCCC=CC(=O)CCc1ccc(O)c(OCCc2ccc(O)c(Cc3ccc(C(N)N)cc3)c2)c1. The molecule has 0 heterocycles. The summed E-state index contributed by atoms with van der Waals surface area (Å²) in [5.74, 6) is 1.60. The predicted octanol–water partition coefficient (Wildman–Crippen LogP) is 7.67. The molecule has 3 aromatic rings. The smallest absolute Gasteiger partial charge is 0.161 e. The van der Waals surface area contributed by atoms with Gasteiger partial charge in [-0.05, 0) is 77.3 Å². The van der Waals surface area contributed by atoms with Gasteiger partial charge in [-0.3, -0.25) is 4.79 Å². The number of aromatic hydroxyl groups is 2. The lowest BCUT2D eigenvalue weighted by molar-refractivity contribution is -0.114. The van der Waals surface area contributed by atoms with Crippen molar-refractivity contribution in [2.75, 3.05) is 6.61 Å². The Kier molecular flexibility index (Phi) is 14.3. The summed E-state index contributed by atoms with van der Waals surface area (Å²) in [6.07, 6.45) is 13.9. The number of carbonyl (C=O) groups is 1. The molecule has 0 radical (unpaired) electrons. The predicted molar refractivity (Wildman–Crippen MR) is 175 cm³/mol. The quantitative estimate of drug-likeness (QED) is 0.0650. The van der Waals surface area contributed by atoms with Gasteiger partial charge in [0.05, 0.1) is 12.8 Å². The number of hydrogen-bond acceptors (Lipinski definition) is 6. The third-order valence-corrected chi connectivity index (χ3v) is 7.91. The van der Waals surface area contributed by atoms with Crippen molar-refractivity contribution in [2.45, 2.75) is 90.6 Å². The van der Waals surface area contributed by atoms with E-state index in [9.17, 15) is 15.0 Å². The van der Waals surface area contributed by atoms with E-state index in [4.69, 9.17) is 16.2 Å². The lowest BCUT2D eigenvalue weighted by Gasteiger charge is -2.12. The highest BCUT2D eigenvalue weighted by Gasteiger charge is 2.09. The van der Waals surface area contributed by atoms with Gasteiger partial charge < -0.3 is 26.4 Å². The summed E-state index contributed by atoms with van der Waals surface area (Å²) >= 11 is 0. The number of carbonyl (C=O) groups excluding carboxylic acids is 1. The van der Waals surface area contributed by atoms with Crippen LogP contribution in [0.1, 0.15) is 99.2 Å². The minimum atomic E-state index is -0.510. The Labute approximate surface area is 257 Å². The van der Waals surface area contributed by atoms with E-state index in [1.807, 2.05) is 54.6 Å². The van der Waals surface area contributed by atoms with Gasteiger partial charge in [-0.25, -0.2) is 0 Å². The van der Waals surface area contributed by atoms with E-state index in [1.165, 1.54) is 32.1 Å². The molecule has 0 aromatic heterocycles. The van der Waals surface area contributed by atoms with Gasteiger partial charge in [0.1, 0.15) is 5.75 Å². The highest BCUT2D eigenvalue weighted by molar-refractivity contribution is 5.89. The molecule has 1 atom stereocenters. The Morgan fingerprint density at radius 1 is 0.860 bits per heavy atom. The molecule has 232 valence electrons. The highest BCUT2D eigenvalue weighted by atomic mass is 16.5. The Hall–Kier alpha value is -3.61. The highest BCUT2D eigenvalue weighted by Crippen LogP contribution is 2.28. The Morgan fingerprint density at radius 3 is 2.26 bits per heavy atom. The molecule has 43 heavy (non-hydrogen) atoms. The minimum absolute atomic E-state index is 0.0749. The molecule has 0 aliphatic rings. The molecule has 6 heteroatoms. The van der Waals surface area contributed by atoms with Crippen LogP contribution < -0.4 is 16.2 Å². The number of ether oxygens (including phenoxy) is 1. The summed E-state index contributed by atoms with van der Waals surface area (Å²) in [5, 5.41) is 20.7. The first-order chi connectivity index (χ1) is 20.7. The van der Waals surface area contributed by atoms with Crippen molar-refractivity contribution in [3.63, 3.8) is 0 Å². The van der Waals surface area contributed by atoms with Crippen LogP contribution in [-0.4, -0.2) is 22.6 Å². The molecular formula is C37H50N2O4. The van der Waals surface area contributed by atoms with Gasteiger partial charge in [0.25, 0.3) is 0 Å². The molecule has 0 aliphatic carbocycles. The molecule has 3 rings (SSSR count). The van der Waals surface area contributed by atoms with Crippen LogP contribution >= 0.6 is 0 Å². The number of nitrogens with two attached hydrogens (primary N) is 2. The Bertz CT molecular complexity index is 1300. The number of phenolic OH excluding ortho intramolecular Hbond substituents is 2. The molecule has 0 spiro atoms. The zero-order chi connectivity index (χ0) is 31.0. The Balaban J connectivity index is 1.43. The second-order valence-electron chi connectivity index (χ2n) is 11.7.